The largest absolute Gasteiger partial charge is 0.373 e. The maximum absolute atomic E-state index is 12.1. The van der Waals surface area contributed by atoms with Gasteiger partial charge in [-0.25, -0.2) is 23.1 Å². The van der Waals surface area contributed by atoms with E-state index in [1.165, 1.54) is 17.2 Å². The van der Waals surface area contributed by atoms with Crippen LogP contribution in [0.4, 0.5) is 0 Å². The summed E-state index contributed by atoms with van der Waals surface area (Å²) in [7, 11) is -3.35. The topological polar surface area (TPSA) is 130 Å². The van der Waals surface area contributed by atoms with Crippen LogP contribution in [0.1, 0.15) is 37.5 Å². The molecule has 0 saturated carbocycles. The Morgan fingerprint density at radius 2 is 1.93 bits per heavy atom. The Morgan fingerprint density at radius 1 is 1.14 bits per heavy atom. The molecule has 2 aromatic heterocycles. The molecule has 150 valence electrons. The van der Waals surface area contributed by atoms with E-state index >= 15 is 0 Å². The number of fused-ring (bicyclic) bond motifs is 1. The molecule has 2 heterocycles. The minimum absolute atomic E-state index is 0.0353. The Kier molecular flexibility index (Phi) is 6.55. The van der Waals surface area contributed by atoms with Gasteiger partial charge in [0.15, 0.2) is 11.2 Å². The van der Waals surface area contributed by atoms with Crippen LogP contribution in [0, 0.1) is 0 Å². The van der Waals surface area contributed by atoms with Gasteiger partial charge in [0.25, 0.3) is 5.56 Å². The van der Waals surface area contributed by atoms with Crippen molar-refractivity contribution >= 4 is 21.2 Å². The maximum atomic E-state index is 12.1. The predicted octanol–water partition coefficient (Wildman–Crippen LogP) is 1.29. The fourth-order valence-corrected chi connectivity index (χ4v) is 4.11. The molecule has 3 aromatic rings. The number of rotatable bonds is 10. The van der Waals surface area contributed by atoms with Crippen molar-refractivity contribution in [2.24, 2.45) is 0 Å². The minimum Gasteiger partial charge on any atom is -0.373 e. The lowest BCUT2D eigenvalue weighted by Gasteiger charge is -2.12. The lowest BCUT2D eigenvalue weighted by Crippen LogP contribution is -2.26. The molecule has 0 radical (unpaired) electrons. The van der Waals surface area contributed by atoms with Crippen molar-refractivity contribution in [3.05, 3.63) is 58.9 Å². The number of aromatic nitrogens is 4. The third-order valence-electron chi connectivity index (χ3n) is 4.35. The molecular weight excluding hydrogens is 382 g/mol. The maximum Gasteiger partial charge on any atom is 0.278 e. The number of H-pyrrole nitrogens is 1. The molecule has 10 heteroatoms. The average molecular weight is 405 g/mol. The minimum atomic E-state index is -3.35. The standard InChI is InChI=1S/C18H23N5O4S/c24-15(23-13-21-16-17(23)19-12-20-18(16)25)9-5-2-6-10-22-28(26,27)11-14-7-3-1-4-8-14/h1,3-4,7-8,12-13,15,22,24H,2,5-6,9-11H2,(H,19,20,25). The highest BCUT2D eigenvalue weighted by Gasteiger charge is 2.14. The van der Waals surface area contributed by atoms with Crippen molar-refractivity contribution in [3.8, 4) is 0 Å². The molecule has 0 aliphatic carbocycles. The van der Waals surface area contributed by atoms with E-state index in [9.17, 15) is 18.3 Å². The van der Waals surface area contributed by atoms with Gasteiger partial charge in [-0.2, -0.15) is 0 Å². The zero-order valence-electron chi connectivity index (χ0n) is 15.3. The number of unbranched alkanes of at least 4 members (excludes halogenated alkanes) is 2. The summed E-state index contributed by atoms with van der Waals surface area (Å²) in [5.41, 5.74) is 0.927. The van der Waals surface area contributed by atoms with Crippen LogP contribution >= 0.6 is 0 Å². The fraction of sp³-hybridized carbons (Fsp3) is 0.389. The normalized spacial score (nSPS) is 13.0. The molecule has 9 nitrogen and oxygen atoms in total. The molecule has 0 saturated heterocycles. The first-order chi connectivity index (χ1) is 13.5. The van der Waals surface area contributed by atoms with Crippen LogP contribution in [-0.4, -0.2) is 39.6 Å². The van der Waals surface area contributed by atoms with E-state index < -0.39 is 16.3 Å². The Balaban J connectivity index is 1.40. The van der Waals surface area contributed by atoms with Gasteiger partial charge in [-0.1, -0.05) is 36.8 Å². The van der Waals surface area contributed by atoms with Gasteiger partial charge in [-0.3, -0.25) is 9.36 Å². The summed E-state index contributed by atoms with van der Waals surface area (Å²) >= 11 is 0. The fourth-order valence-electron chi connectivity index (χ4n) is 2.92. The number of nitrogens with zero attached hydrogens (tertiary/aromatic N) is 3. The number of sulfonamides is 1. The summed E-state index contributed by atoms with van der Waals surface area (Å²) in [6.45, 7) is 0.357. The first-order valence-corrected chi connectivity index (χ1v) is 10.7. The van der Waals surface area contributed by atoms with E-state index in [1.54, 1.807) is 12.1 Å². The molecule has 1 unspecified atom stereocenters. The highest BCUT2D eigenvalue weighted by molar-refractivity contribution is 7.88. The molecule has 3 N–H and O–H groups in total. The first kappa shape index (κ1) is 20.2. The molecule has 0 bridgehead atoms. The summed E-state index contributed by atoms with van der Waals surface area (Å²) < 4.78 is 28.2. The number of benzene rings is 1. The highest BCUT2D eigenvalue weighted by atomic mass is 32.2. The third-order valence-corrected chi connectivity index (χ3v) is 5.70. The SMILES string of the molecule is O=c1[nH]cnc2c1ncn2C(O)CCCCCNS(=O)(=O)Cc1ccccc1. The van der Waals surface area contributed by atoms with Crippen LogP contribution < -0.4 is 10.3 Å². The molecule has 1 aromatic carbocycles. The lowest BCUT2D eigenvalue weighted by molar-refractivity contribution is 0.0948. The van der Waals surface area contributed by atoms with E-state index in [-0.39, 0.29) is 16.8 Å². The van der Waals surface area contributed by atoms with E-state index in [0.29, 0.717) is 31.5 Å². The zero-order chi connectivity index (χ0) is 20.0. The van der Waals surface area contributed by atoms with Crippen LogP contribution in [0.2, 0.25) is 0 Å². The lowest BCUT2D eigenvalue weighted by atomic mass is 10.2. The number of aromatic amines is 1. The van der Waals surface area contributed by atoms with Gasteiger partial charge < -0.3 is 10.1 Å². The van der Waals surface area contributed by atoms with Crippen LogP contribution in [-0.2, 0) is 15.8 Å². The van der Waals surface area contributed by atoms with Crippen molar-refractivity contribution in [2.45, 2.75) is 37.7 Å². The molecule has 0 amide bonds. The van der Waals surface area contributed by atoms with Gasteiger partial charge in [0.2, 0.25) is 10.0 Å². The molecule has 0 spiro atoms. The summed E-state index contributed by atoms with van der Waals surface area (Å²) in [6.07, 6.45) is 4.41. The van der Waals surface area contributed by atoms with Gasteiger partial charge in [0.1, 0.15) is 6.23 Å². The predicted molar refractivity (Wildman–Crippen MR) is 105 cm³/mol. The van der Waals surface area contributed by atoms with Gasteiger partial charge in [0.05, 0.1) is 18.4 Å². The summed E-state index contributed by atoms with van der Waals surface area (Å²) in [4.78, 5) is 22.1. The monoisotopic (exact) mass is 405 g/mol. The van der Waals surface area contributed by atoms with Gasteiger partial charge >= 0.3 is 0 Å². The molecule has 3 rings (SSSR count). The quantitative estimate of drug-likeness (QED) is 0.436. The Hall–Kier alpha value is -2.56. The van der Waals surface area contributed by atoms with Crippen molar-refractivity contribution in [1.29, 1.82) is 0 Å². The summed E-state index contributed by atoms with van der Waals surface area (Å²) in [5, 5.41) is 10.3. The van der Waals surface area contributed by atoms with Crippen LogP contribution in [0.15, 0.2) is 47.8 Å². The second-order valence-electron chi connectivity index (χ2n) is 6.52. The van der Waals surface area contributed by atoms with E-state index in [0.717, 1.165) is 12.0 Å². The average Bonchev–Trinajstić information content (AvgIpc) is 3.10. The molecule has 0 aliphatic rings. The Labute approximate surface area is 162 Å². The molecule has 0 aliphatic heterocycles. The van der Waals surface area contributed by atoms with Crippen molar-refractivity contribution < 1.29 is 13.5 Å². The highest BCUT2D eigenvalue weighted by Crippen LogP contribution is 2.16. The van der Waals surface area contributed by atoms with Crippen LogP contribution in [0.3, 0.4) is 0 Å². The summed E-state index contributed by atoms with van der Waals surface area (Å²) in [5.74, 6) is -0.0353. The number of imidazole rings is 1. The zero-order valence-corrected chi connectivity index (χ0v) is 16.1. The number of hydrogen-bond donors (Lipinski definition) is 3. The number of nitrogens with one attached hydrogen (secondary N) is 2. The molecule has 0 fully saturated rings. The van der Waals surface area contributed by atoms with E-state index in [2.05, 4.69) is 19.7 Å². The number of aliphatic hydroxyl groups is 1. The number of aliphatic hydroxyl groups excluding tert-OH is 1. The second kappa shape index (κ2) is 9.09. The van der Waals surface area contributed by atoms with Crippen molar-refractivity contribution in [3.63, 3.8) is 0 Å². The van der Waals surface area contributed by atoms with Gasteiger partial charge in [-0.05, 0) is 24.8 Å². The van der Waals surface area contributed by atoms with Crippen molar-refractivity contribution in [1.82, 2.24) is 24.2 Å². The molecular formula is C18H23N5O4S. The van der Waals surface area contributed by atoms with Crippen LogP contribution in [0.25, 0.3) is 11.2 Å². The second-order valence-corrected chi connectivity index (χ2v) is 8.33. The Bertz CT molecular complexity index is 1060. The molecule has 1 atom stereocenters. The van der Waals surface area contributed by atoms with Gasteiger partial charge in [0, 0.05) is 6.54 Å². The Morgan fingerprint density at radius 3 is 2.71 bits per heavy atom. The third kappa shape index (κ3) is 5.24. The van der Waals surface area contributed by atoms with Gasteiger partial charge in [-0.15, -0.1) is 0 Å². The number of hydrogen-bond acceptors (Lipinski definition) is 6. The van der Waals surface area contributed by atoms with Crippen LogP contribution in [0.5, 0.6) is 0 Å². The molecule has 28 heavy (non-hydrogen) atoms. The van der Waals surface area contributed by atoms with Crippen molar-refractivity contribution in [2.75, 3.05) is 6.54 Å². The summed E-state index contributed by atoms with van der Waals surface area (Å²) in [6, 6.07) is 9.03. The van der Waals surface area contributed by atoms with E-state index in [1.807, 2.05) is 18.2 Å². The smallest absolute Gasteiger partial charge is 0.278 e. The van der Waals surface area contributed by atoms with E-state index in [4.69, 9.17) is 0 Å². The first-order valence-electron chi connectivity index (χ1n) is 9.06.